The van der Waals surface area contributed by atoms with Gasteiger partial charge >= 0.3 is 0 Å². The summed E-state index contributed by atoms with van der Waals surface area (Å²) in [5.74, 6) is 0.00990. The molecule has 2 aliphatic rings. The van der Waals surface area contributed by atoms with Gasteiger partial charge in [-0.3, -0.25) is 19.4 Å². The van der Waals surface area contributed by atoms with Gasteiger partial charge in [0, 0.05) is 48.4 Å². The number of nitrogens with zero attached hydrogens (tertiary/aromatic N) is 3. The summed E-state index contributed by atoms with van der Waals surface area (Å²) in [6, 6.07) is 7.69. The molecule has 37 heavy (non-hydrogen) atoms. The summed E-state index contributed by atoms with van der Waals surface area (Å²) in [5.41, 5.74) is 9.15. The first-order chi connectivity index (χ1) is 17.5. The second-order valence-electron chi connectivity index (χ2n) is 10.7. The Bertz CT molecular complexity index is 1480. The number of pyridine rings is 2. The summed E-state index contributed by atoms with van der Waals surface area (Å²) < 4.78 is 0. The van der Waals surface area contributed by atoms with E-state index in [1.807, 2.05) is 37.4 Å². The fourth-order valence-corrected chi connectivity index (χ4v) is 5.76. The Balaban J connectivity index is 1.33. The molecular formula is C29H31N5O3. The molecule has 1 saturated carbocycles. The van der Waals surface area contributed by atoms with Crippen molar-refractivity contribution in [3.63, 3.8) is 0 Å². The van der Waals surface area contributed by atoms with Crippen molar-refractivity contribution in [1.29, 1.82) is 0 Å². The molecule has 1 aliphatic heterocycles. The van der Waals surface area contributed by atoms with Gasteiger partial charge < -0.3 is 16.0 Å². The largest absolute Gasteiger partial charge is 0.398 e. The van der Waals surface area contributed by atoms with Gasteiger partial charge in [-0.15, -0.1) is 0 Å². The minimum Gasteiger partial charge on any atom is -0.398 e. The Kier molecular flexibility index (Phi) is 5.85. The number of anilines is 2. The van der Waals surface area contributed by atoms with Crippen LogP contribution in [0.2, 0.25) is 0 Å². The highest BCUT2D eigenvalue weighted by molar-refractivity contribution is 6.16. The molecule has 8 nitrogen and oxygen atoms in total. The maximum absolute atomic E-state index is 13.1. The van der Waals surface area contributed by atoms with Gasteiger partial charge in [-0.05, 0) is 87.2 Å². The third kappa shape index (κ3) is 4.06. The van der Waals surface area contributed by atoms with Gasteiger partial charge in [-0.2, -0.15) is 0 Å². The van der Waals surface area contributed by atoms with E-state index in [2.05, 4.69) is 15.3 Å². The number of likely N-dealkylation sites (tertiary alicyclic amines) is 1. The van der Waals surface area contributed by atoms with E-state index < -0.39 is 11.0 Å². The molecule has 0 unspecified atom stereocenters. The molecule has 5 rings (SSSR count). The molecule has 2 aromatic heterocycles. The molecule has 3 aromatic rings. The first-order valence-corrected chi connectivity index (χ1v) is 12.5. The van der Waals surface area contributed by atoms with Gasteiger partial charge in [0.2, 0.25) is 11.8 Å². The number of fused-ring (bicyclic) bond motifs is 1. The number of nitrogen functional groups attached to an aromatic ring is 1. The van der Waals surface area contributed by atoms with E-state index in [1.165, 1.54) is 0 Å². The average molecular weight is 498 g/mol. The summed E-state index contributed by atoms with van der Waals surface area (Å²) in [5, 5.41) is 4.53. The first-order valence-electron chi connectivity index (χ1n) is 12.5. The number of carbonyl (C=O) groups excluding carboxylic acids is 3. The van der Waals surface area contributed by atoms with Gasteiger partial charge in [-0.25, -0.2) is 4.98 Å². The summed E-state index contributed by atoms with van der Waals surface area (Å²) in [6.07, 6.45) is 9.05. The van der Waals surface area contributed by atoms with E-state index in [0.29, 0.717) is 37.2 Å². The van der Waals surface area contributed by atoms with Crippen molar-refractivity contribution in [3.05, 3.63) is 60.1 Å². The summed E-state index contributed by atoms with van der Waals surface area (Å²) in [7, 11) is 1.72. The number of nitrogens with two attached hydrogens (primary N) is 1. The lowest BCUT2D eigenvalue weighted by Gasteiger charge is -2.38. The molecule has 1 aliphatic carbocycles. The predicted octanol–water partition coefficient (Wildman–Crippen LogP) is 4.43. The quantitative estimate of drug-likeness (QED) is 0.314. The molecule has 1 saturated heterocycles. The lowest BCUT2D eigenvalue weighted by molar-refractivity contribution is -0.136. The van der Waals surface area contributed by atoms with Crippen LogP contribution in [0.5, 0.6) is 0 Å². The molecule has 0 radical (unpaired) electrons. The van der Waals surface area contributed by atoms with Crippen LogP contribution >= 0.6 is 0 Å². The van der Waals surface area contributed by atoms with E-state index in [9.17, 15) is 14.4 Å². The Morgan fingerprint density at radius 3 is 2.51 bits per heavy atom. The maximum atomic E-state index is 13.1. The second-order valence-corrected chi connectivity index (χ2v) is 10.7. The molecule has 2 amide bonds. The summed E-state index contributed by atoms with van der Waals surface area (Å²) in [4.78, 5) is 48.7. The number of ketones is 1. The number of allylic oxidation sites excluding steroid dienone is 1. The van der Waals surface area contributed by atoms with Crippen LogP contribution in [-0.2, 0) is 14.4 Å². The van der Waals surface area contributed by atoms with Crippen molar-refractivity contribution in [2.75, 3.05) is 18.1 Å². The topological polar surface area (TPSA) is 118 Å². The van der Waals surface area contributed by atoms with Crippen molar-refractivity contribution in [1.82, 2.24) is 14.9 Å². The monoisotopic (exact) mass is 497 g/mol. The van der Waals surface area contributed by atoms with Crippen LogP contribution in [0.3, 0.4) is 0 Å². The predicted molar refractivity (Wildman–Crippen MR) is 144 cm³/mol. The average Bonchev–Trinajstić information content (AvgIpc) is 2.98. The highest BCUT2D eigenvalue weighted by Gasteiger charge is 2.61. The van der Waals surface area contributed by atoms with E-state index in [4.69, 9.17) is 5.73 Å². The number of benzene rings is 1. The second kappa shape index (κ2) is 8.80. The van der Waals surface area contributed by atoms with Crippen LogP contribution in [-0.4, -0.2) is 45.1 Å². The lowest BCUT2D eigenvalue weighted by Crippen LogP contribution is -2.49. The van der Waals surface area contributed by atoms with Crippen LogP contribution in [0.25, 0.3) is 21.9 Å². The van der Waals surface area contributed by atoms with Crippen molar-refractivity contribution in [2.45, 2.75) is 52.0 Å². The number of rotatable bonds is 3. The number of likely N-dealkylation sites (N-methyl/N-ethyl adjacent to an activating group) is 1. The number of nitrogens with one attached hydrogen (secondary N) is 1. The third-order valence-corrected chi connectivity index (χ3v) is 8.00. The fraction of sp³-hybridized carbons (Fsp3) is 0.345. The van der Waals surface area contributed by atoms with Crippen molar-refractivity contribution < 1.29 is 14.4 Å². The molecule has 1 aromatic carbocycles. The smallest absolute Gasteiger partial charge is 0.249 e. The minimum atomic E-state index is -0.992. The van der Waals surface area contributed by atoms with Crippen molar-refractivity contribution in [2.24, 2.45) is 5.41 Å². The number of hydrogen-bond donors (Lipinski definition) is 2. The standard InChI is InChI=1S/C29H31N5O3/c1-17-7-10-31-15-21(17)19-12-20-14-24(32-16-22(20)23(30)13-19)33-25(35)11-18-5-8-29(9-6-18)26(36)28(2,3)27(37)34(29)4/h7,10-16H,5-6,8-9,30H2,1-4H3,(H,32,33,35). The summed E-state index contributed by atoms with van der Waals surface area (Å²) in [6.45, 7) is 5.43. The molecule has 8 heteroatoms. The molecule has 0 atom stereocenters. The van der Waals surface area contributed by atoms with Gasteiger partial charge in [0.25, 0.3) is 0 Å². The van der Waals surface area contributed by atoms with Crippen LogP contribution in [0.4, 0.5) is 11.5 Å². The third-order valence-electron chi connectivity index (χ3n) is 8.00. The molecule has 3 heterocycles. The SMILES string of the molecule is Cc1ccncc1-c1cc(N)c2cnc(NC(=O)C=C3CCC4(CC3)C(=O)C(C)(C)C(=O)N4C)cc2c1. The van der Waals surface area contributed by atoms with Gasteiger partial charge in [0.15, 0.2) is 5.78 Å². The lowest BCUT2D eigenvalue weighted by atomic mass is 9.72. The number of aromatic nitrogens is 2. The Hall–Kier alpha value is -4.07. The molecule has 1 spiro atoms. The highest BCUT2D eigenvalue weighted by Crippen LogP contribution is 2.47. The Morgan fingerprint density at radius 2 is 1.86 bits per heavy atom. The zero-order chi connectivity index (χ0) is 26.5. The number of amides is 2. The fourth-order valence-electron chi connectivity index (χ4n) is 5.76. The molecule has 3 N–H and O–H groups in total. The zero-order valence-corrected chi connectivity index (χ0v) is 21.6. The number of hydrogen-bond acceptors (Lipinski definition) is 6. The van der Waals surface area contributed by atoms with Gasteiger partial charge in [0.1, 0.15) is 16.8 Å². The van der Waals surface area contributed by atoms with E-state index >= 15 is 0 Å². The number of aryl methyl sites for hydroxylation is 1. The molecular weight excluding hydrogens is 466 g/mol. The van der Waals surface area contributed by atoms with Crippen molar-refractivity contribution in [3.8, 4) is 11.1 Å². The number of carbonyl (C=O) groups is 3. The van der Waals surface area contributed by atoms with Gasteiger partial charge in [0.05, 0.1) is 0 Å². The zero-order valence-electron chi connectivity index (χ0n) is 21.6. The maximum Gasteiger partial charge on any atom is 0.249 e. The number of Topliss-reactive ketones (excluding diaryl/α,β-unsaturated/α-hetero) is 1. The molecule has 2 fully saturated rings. The Labute approximate surface area is 216 Å². The van der Waals surface area contributed by atoms with Crippen LogP contribution in [0.15, 0.2) is 54.5 Å². The van der Waals surface area contributed by atoms with Crippen molar-refractivity contribution >= 4 is 39.9 Å². The molecule has 190 valence electrons. The van der Waals surface area contributed by atoms with Gasteiger partial charge in [-0.1, -0.05) is 5.57 Å². The van der Waals surface area contributed by atoms with E-state index in [1.54, 1.807) is 44.3 Å². The Morgan fingerprint density at radius 1 is 1.14 bits per heavy atom. The van der Waals surface area contributed by atoms with Crippen LogP contribution in [0, 0.1) is 12.3 Å². The molecule has 0 bridgehead atoms. The highest BCUT2D eigenvalue weighted by atomic mass is 16.2. The van der Waals surface area contributed by atoms with Crippen LogP contribution in [0.1, 0.15) is 45.1 Å². The first kappa shape index (κ1) is 24.6. The van der Waals surface area contributed by atoms with E-state index in [-0.39, 0.29) is 17.6 Å². The minimum absolute atomic E-state index is 0.0171. The van der Waals surface area contributed by atoms with Crippen LogP contribution < -0.4 is 11.1 Å². The normalized spacial score (nSPS) is 21.1. The van der Waals surface area contributed by atoms with E-state index in [0.717, 1.165) is 33.0 Å². The summed E-state index contributed by atoms with van der Waals surface area (Å²) >= 11 is 0.